The number of benzene rings is 1. The maximum atomic E-state index is 10.1. The Kier molecular flexibility index (Phi) is 4.37. The lowest BCUT2D eigenvalue weighted by molar-refractivity contribution is 0.476. The second kappa shape index (κ2) is 6.21. The van der Waals surface area contributed by atoms with Gasteiger partial charge in [-0.2, -0.15) is 9.61 Å². The van der Waals surface area contributed by atoms with Gasteiger partial charge in [0.05, 0.1) is 11.7 Å². The molecule has 3 aromatic rings. The van der Waals surface area contributed by atoms with E-state index in [0.717, 1.165) is 11.1 Å². The quantitative estimate of drug-likeness (QED) is 0.757. The van der Waals surface area contributed by atoms with E-state index in [1.54, 1.807) is 23.8 Å². The van der Waals surface area contributed by atoms with Gasteiger partial charge in [-0.25, -0.2) is 0 Å². The molecule has 0 aliphatic rings. The zero-order valence-electron chi connectivity index (χ0n) is 12.6. The van der Waals surface area contributed by atoms with E-state index in [-0.39, 0.29) is 5.75 Å². The molecule has 0 amide bonds. The van der Waals surface area contributed by atoms with Gasteiger partial charge < -0.3 is 10.4 Å². The van der Waals surface area contributed by atoms with Gasteiger partial charge in [0.25, 0.3) is 0 Å². The minimum absolute atomic E-state index is 0.189. The Balaban J connectivity index is 0.000000774. The molecule has 0 fully saturated rings. The van der Waals surface area contributed by atoms with Crippen molar-refractivity contribution in [1.82, 2.24) is 19.8 Å². The molecule has 0 atom stereocenters. The molecule has 2 aromatic heterocycles. The van der Waals surface area contributed by atoms with Gasteiger partial charge in [-0.05, 0) is 30.7 Å². The molecule has 0 saturated heterocycles. The summed E-state index contributed by atoms with van der Waals surface area (Å²) in [6.07, 6.45) is 1.67. The average molecular weight is 285 g/mol. The molecular weight excluding hydrogens is 266 g/mol. The van der Waals surface area contributed by atoms with E-state index in [1.165, 1.54) is 0 Å². The molecule has 0 aliphatic heterocycles. The molecule has 0 aliphatic carbocycles. The summed E-state index contributed by atoms with van der Waals surface area (Å²) in [6, 6.07) is 7.30. The fourth-order valence-corrected chi connectivity index (χ4v) is 2.03. The van der Waals surface area contributed by atoms with E-state index in [9.17, 15) is 5.11 Å². The maximum absolute atomic E-state index is 10.1. The van der Waals surface area contributed by atoms with Gasteiger partial charge in [0, 0.05) is 12.6 Å². The number of hydrogen-bond acceptors (Lipinski definition) is 5. The SMILES string of the molecule is CC.CNc1nnc(-c2ccc(C)cc2O)c2ccnn12. The number of aromatic nitrogens is 4. The highest BCUT2D eigenvalue weighted by molar-refractivity contribution is 5.80. The van der Waals surface area contributed by atoms with Crippen molar-refractivity contribution in [2.75, 3.05) is 12.4 Å². The number of aromatic hydroxyl groups is 1. The van der Waals surface area contributed by atoms with Crippen LogP contribution in [0.5, 0.6) is 5.75 Å². The van der Waals surface area contributed by atoms with Crippen molar-refractivity contribution < 1.29 is 5.11 Å². The lowest BCUT2D eigenvalue weighted by Gasteiger charge is -2.08. The van der Waals surface area contributed by atoms with E-state index in [0.29, 0.717) is 17.2 Å². The number of nitrogens with one attached hydrogen (secondary N) is 1. The number of nitrogens with zero attached hydrogens (tertiary/aromatic N) is 4. The number of aryl methyl sites for hydroxylation is 1. The van der Waals surface area contributed by atoms with Crippen molar-refractivity contribution in [3.63, 3.8) is 0 Å². The van der Waals surface area contributed by atoms with Crippen LogP contribution in [0.15, 0.2) is 30.5 Å². The van der Waals surface area contributed by atoms with Gasteiger partial charge in [0.1, 0.15) is 11.4 Å². The molecule has 6 nitrogen and oxygen atoms in total. The summed E-state index contributed by atoms with van der Waals surface area (Å²) in [5.74, 6) is 0.741. The van der Waals surface area contributed by atoms with Crippen LogP contribution in [0.4, 0.5) is 5.95 Å². The number of anilines is 1. The molecule has 0 spiro atoms. The number of phenols is 1. The highest BCUT2D eigenvalue weighted by atomic mass is 16.3. The molecular formula is C15H19N5O. The average Bonchev–Trinajstić information content (AvgIpc) is 2.98. The molecule has 110 valence electrons. The van der Waals surface area contributed by atoms with Crippen LogP contribution in [0.1, 0.15) is 19.4 Å². The van der Waals surface area contributed by atoms with E-state index < -0.39 is 0 Å². The van der Waals surface area contributed by atoms with Crippen LogP contribution in [-0.4, -0.2) is 32.0 Å². The Bertz CT molecular complexity index is 751. The van der Waals surface area contributed by atoms with Crippen molar-refractivity contribution in [2.45, 2.75) is 20.8 Å². The van der Waals surface area contributed by atoms with E-state index >= 15 is 0 Å². The fourth-order valence-electron chi connectivity index (χ4n) is 2.03. The molecule has 0 saturated carbocycles. The van der Waals surface area contributed by atoms with Gasteiger partial charge in [0.15, 0.2) is 0 Å². The van der Waals surface area contributed by atoms with Gasteiger partial charge >= 0.3 is 0 Å². The molecule has 3 rings (SSSR count). The van der Waals surface area contributed by atoms with Crippen LogP contribution in [0, 0.1) is 6.92 Å². The predicted molar refractivity (Wildman–Crippen MR) is 83.5 cm³/mol. The number of fused-ring (bicyclic) bond motifs is 1. The molecule has 2 N–H and O–H groups in total. The summed E-state index contributed by atoms with van der Waals surface area (Å²) < 4.78 is 1.65. The number of hydrogen-bond donors (Lipinski definition) is 2. The van der Waals surface area contributed by atoms with Gasteiger partial charge in [0.2, 0.25) is 5.95 Å². The monoisotopic (exact) mass is 285 g/mol. The molecule has 0 bridgehead atoms. The second-order valence-corrected chi connectivity index (χ2v) is 4.27. The first-order valence-electron chi connectivity index (χ1n) is 6.89. The van der Waals surface area contributed by atoms with Crippen molar-refractivity contribution in [1.29, 1.82) is 0 Å². The molecule has 0 radical (unpaired) electrons. The van der Waals surface area contributed by atoms with Crippen molar-refractivity contribution in [3.05, 3.63) is 36.0 Å². The summed E-state index contributed by atoms with van der Waals surface area (Å²) in [5.41, 5.74) is 3.03. The third kappa shape index (κ3) is 2.65. The minimum atomic E-state index is 0.189. The topological polar surface area (TPSA) is 75.3 Å². The highest BCUT2D eigenvalue weighted by Crippen LogP contribution is 2.31. The molecule has 1 aromatic carbocycles. The maximum Gasteiger partial charge on any atom is 0.244 e. The van der Waals surface area contributed by atoms with E-state index in [2.05, 4.69) is 20.6 Å². The van der Waals surface area contributed by atoms with Crippen molar-refractivity contribution >= 4 is 11.5 Å². The number of phenolic OH excluding ortho intramolecular Hbond substituents is 1. The Morgan fingerprint density at radius 2 is 1.90 bits per heavy atom. The highest BCUT2D eigenvalue weighted by Gasteiger charge is 2.13. The Morgan fingerprint density at radius 3 is 2.57 bits per heavy atom. The molecule has 21 heavy (non-hydrogen) atoms. The standard InChI is InChI=1S/C13H13N5O.C2H6/c1-8-3-4-9(11(19)7-8)12-10-5-6-15-18(10)13(14-2)17-16-12;1-2/h3-7,19H,1-2H3,(H,14,17);1-2H3. The summed E-state index contributed by atoms with van der Waals surface area (Å²) in [4.78, 5) is 0. The molecule has 0 unspecified atom stereocenters. The Morgan fingerprint density at radius 1 is 1.14 bits per heavy atom. The van der Waals surface area contributed by atoms with Crippen LogP contribution in [0.25, 0.3) is 16.8 Å². The number of rotatable bonds is 2. The van der Waals surface area contributed by atoms with Gasteiger partial charge in [-0.15, -0.1) is 10.2 Å². The van der Waals surface area contributed by atoms with E-state index in [1.807, 2.05) is 39.0 Å². The largest absolute Gasteiger partial charge is 0.507 e. The summed E-state index contributed by atoms with van der Waals surface area (Å²) in [7, 11) is 1.76. The first-order chi connectivity index (χ1) is 10.2. The minimum Gasteiger partial charge on any atom is -0.507 e. The molecule has 6 heteroatoms. The Hall–Kier alpha value is -2.63. The third-order valence-electron chi connectivity index (χ3n) is 2.96. The first kappa shape index (κ1) is 14.8. The van der Waals surface area contributed by atoms with Crippen molar-refractivity contribution in [3.8, 4) is 17.0 Å². The van der Waals surface area contributed by atoms with Crippen molar-refractivity contribution in [2.24, 2.45) is 0 Å². The van der Waals surface area contributed by atoms with Gasteiger partial charge in [-0.1, -0.05) is 19.9 Å². The third-order valence-corrected chi connectivity index (χ3v) is 2.96. The molecule has 2 heterocycles. The van der Waals surface area contributed by atoms with E-state index in [4.69, 9.17) is 0 Å². The smallest absolute Gasteiger partial charge is 0.244 e. The predicted octanol–water partition coefficient (Wildman–Crippen LogP) is 2.87. The van der Waals surface area contributed by atoms with Crippen LogP contribution < -0.4 is 5.32 Å². The Labute approximate surface area is 123 Å². The normalized spacial score (nSPS) is 10.1. The zero-order chi connectivity index (χ0) is 15.4. The first-order valence-corrected chi connectivity index (χ1v) is 6.89. The second-order valence-electron chi connectivity index (χ2n) is 4.27. The summed E-state index contributed by atoms with van der Waals surface area (Å²) in [6.45, 7) is 5.92. The summed E-state index contributed by atoms with van der Waals surface area (Å²) >= 11 is 0. The zero-order valence-corrected chi connectivity index (χ0v) is 12.6. The van der Waals surface area contributed by atoms with Crippen LogP contribution in [0.2, 0.25) is 0 Å². The van der Waals surface area contributed by atoms with Gasteiger partial charge in [-0.3, -0.25) is 0 Å². The van der Waals surface area contributed by atoms with Crippen LogP contribution >= 0.6 is 0 Å². The fraction of sp³-hybridized carbons (Fsp3) is 0.267. The lowest BCUT2D eigenvalue weighted by atomic mass is 10.1. The lowest BCUT2D eigenvalue weighted by Crippen LogP contribution is -2.05. The summed E-state index contributed by atoms with van der Waals surface area (Å²) in [5, 5.41) is 25.4. The van der Waals surface area contributed by atoms with Crippen LogP contribution in [-0.2, 0) is 0 Å². The van der Waals surface area contributed by atoms with Crippen LogP contribution in [0.3, 0.4) is 0 Å².